The summed E-state index contributed by atoms with van der Waals surface area (Å²) in [6.07, 6.45) is 1.20. The largest absolute Gasteiger partial charge is 0.347 e. The van der Waals surface area contributed by atoms with Gasteiger partial charge in [0.1, 0.15) is 0 Å². The van der Waals surface area contributed by atoms with Crippen LogP contribution >= 0.6 is 0 Å². The molecule has 0 aromatic heterocycles. The Bertz CT molecular complexity index is 206. The van der Waals surface area contributed by atoms with Gasteiger partial charge in [0.2, 0.25) is 0 Å². The Morgan fingerprint density at radius 3 is 2.25 bits per heavy atom. The van der Waals surface area contributed by atoms with Crippen molar-refractivity contribution in [3.8, 4) is 0 Å². The summed E-state index contributed by atoms with van der Waals surface area (Å²) in [6, 6.07) is 1.53. The molecule has 1 aliphatic heterocycles. The predicted molar refractivity (Wildman–Crippen MR) is 65.1 cm³/mol. The first-order chi connectivity index (χ1) is 7.43. The van der Waals surface area contributed by atoms with Crippen LogP contribution in [0.4, 0.5) is 4.39 Å². The molecule has 0 aromatic rings. The first-order valence-corrected chi connectivity index (χ1v) is 6.46. The number of ether oxygens (including phenoxy) is 1. The third-order valence-electron chi connectivity index (χ3n) is 3.48. The van der Waals surface area contributed by atoms with E-state index in [9.17, 15) is 4.39 Å². The molecule has 96 valence electrons. The van der Waals surface area contributed by atoms with Gasteiger partial charge in [-0.2, -0.15) is 0 Å². The Hall–Kier alpha value is -0.150. The number of hydrogen-bond acceptors (Lipinski definition) is 2. The van der Waals surface area contributed by atoms with Crippen LogP contribution in [-0.4, -0.2) is 36.0 Å². The van der Waals surface area contributed by atoms with E-state index in [1.54, 1.807) is 0 Å². The summed E-state index contributed by atoms with van der Waals surface area (Å²) in [6.45, 7) is 10.9. The number of alkyl halides is 1. The number of likely N-dealkylation sites (tertiary alicyclic amines) is 1. The minimum Gasteiger partial charge on any atom is -0.347 e. The van der Waals surface area contributed by atoms with Gasteiger partial charge in [0.25, 0.3) is 0 Å². The smallest absolute Gasteiger partial charge is 0.195 e. The van der Waals surface area contributed by atoms with Gasteiger partial charge in [0.05, 0.1) is 6.61 Å². The molecule has 1 fully saturated rings. The highest BCUT2D eigenvalue weighted by atomic mass is 19.1. The van der Waals surface area contributed by atoms with Crippen molar-refractivity contribution in [2.24, 2.45) is 5.92 Å². The zero-order valence-corrected chi connectivity index (χ0v) is 11.2. The van der Waals surface area contributed by atoms with Crippen LogP contribution in [0.2, 0.25) is 0 Å². The van der Waals surface area contributed by atoms with Crippen molar-refractivity contribution in [3.05, 3.63) is 0 Å². The maximum Gasteiger partial charge on any atom is 0.195 e. The fourth-order valence-corrected chi connectivity index (χ4v) is 2.83. The fraction of sp³-hybridized carbons (Fsp3) is 1.00. The highest BCUT2D eigenvalue weighted by Gasteiger charge is 2.36. The van der Waals surface area contributed by atoms with Crippen LogP contribution in [0, 0.1) is 5.92 Å². The van der Waals surface area contributed by atoms with Gasteiger partial charge in [-0.05, 0) is 39.5 Å². The van der Waals surface area contributed by atoms with Crippen molar-refractivity contribution in [1.29, 1.82) is 0 Å². The third kappa shape index (κ3) is 3.42. The molecule has 16 heavy (non-hydrogen) atoms. The first kappa shape index (κ1) is 13.9. The molecule has 3 atom stereocenters. The average molecular weight is 231 g/mol. The van der Waals surface area contributed by atoms with Crippen molar-refractivity contribution in [1.82, 2.24) is 4.90 Å². The van der Waals surface area contributed by atoms with Crippen LogP contribution in [0.1, 0.15) is 47.5 Å². The maximum absolute atomic E-state index is 12.7. The minimum atomic E-state index is -1.15. The molecular formula is C13H26FNO. The first-order valence-electron chi connectivity index (χ1n) is 6.46. The molecule has 2 nitrogen and oxygen atoms in total. The van der Waals surface area contributed by atoms with Crippen molar-refractivity contribution in [2.45, 2.75) is 71.9 Å². The number of halogens is 1. The highest BCUT2D eigenvalue weighted by molar-refractivity contribution is 4.90. The zero-order valence-electron chi connectivity index (χ0n) is 11.2. The Morgan fingerprint density at radius 1 is 1.19 bits per heavy atom. The lowest BCUT2D eigenvalue weighted by Gasteiger charge is -2.35. The molecule has 1 aliphatic rings. The van der Waals surface area contributed by atoms with Gasteiger partial charge < -0.3 is 4.74 Å². The molecule has 0 radical (unpaired) electrons. The van der Waals surface area contributed by atoms with Crippen LogP contribution in [0.15, 0.2) is 0 Å². The van der Waals surface area contributed by atoms with Gasteiger partial charge in [-0.1, -0.05) is 13.8 Å². The van der Waals surface area contributed by atoms with Crippen molar-refractivity contribution >= 4 is 0 Å². The Labute approximate surface area is 99.2 Å². The lowest BCUT2D eigenvalue weighted by atomic mass is 10.0. The molecule has 0 N–H and O–H groups in total. The van der Waals surface area contributed by atoms with E-state index in [0.29, 0.717) is 30.7 Å². The Balaban J connectivity index is 2.57. The average Bonchev–Trinajstić information content (AvgIpc) is 2.57. The fourth-order valence-electron chi connectivity index (χ4n) is 2.83. The van der Waals surface area contributed by atoms with Crippen LogP contribution in [0.5, 0.6) is 0 Å². The summed E-state index contributed by atoms with van der Waals surface area (Å²) in [5, 5.41) is 0. The van der Waals surface area contributed by atoms with E-state index in [-0.39, 0.29) is 0 Å². The Kier molecular flexibility index (Phi) is 5.19. The summed E-state index contributed by atoms with van der Waals surface area (Å²) >= 11 is 0. The van der Waals surface area contributed by atoms with E-state index < -0.39 is 6.36 Å². The van der Waals surface area contributed by atoms with Gasteiger partial charge in [0, 0.05) is 18.1 Å². The number of nitrogens with zero attached hydrogens (tertiary/aromatic N) is 1. The Morgan fingerprint density at radius 2 is 1.81 bits per heavy atom. The maximum atomic E-state index is 12.7. The van der Waals surface area contributed by atoms with Crippen LogP contribution in [-0.2, 0) is 4.74 Å². The molecule has 0 aromatic carbocycles. The quantitative estimate of drug-likeness (QED) is 0.720. The summed E-state index contributed by atoms with van der Waals surface area (Å²) in [5.41, 5.74) is 0. The second-order valence-electron chi connectivity index (χ2n) is 5.46. The van der Waals surface area contributed by atoms with Crippen molar-refractivity contribution < 1.29 is 9.13 Å². The number of rotatable bonds is 5. The molecule has 0 spiro atoms. The van der Waals surface area contributed by atoms with Gasteiger partial charge in [-0.25, -0.2) is 4.39 Å². The van der Waals surface area contributed by atoms with E-state index in [1.807, 2.05) is 0 Å². The van der Waals surface area contributed by atoms with Gasteiger partial charge in [-0.3, -0.25) is 4.90 Å². The van der Waals surface area contributed by atoms with Crippen molar-refractivity contribution in [2.75, 3.05) is 6.61 Å². The SMILES string of the molecule is CC(F)OCC1CCC(C(C)C)N1C(C)C. The van der Waals surface area contributed by atoms with E-state index >= 15 is 0 Å². The van der Waals surface area contributed by atoms with E-state index in [0.717, 1.165) is 6.42 Å². The summed E-state index contributed by atoms with van der Waals surface area (Å²) in [5.74, 6) is 0.662. The van der Waals surface area contributed by atoms with Crippen molar-refractivity contribution in [3.63, 3.8) is 0 Å². The molecule has 3 unspecified atom stereocenters. The molecule has 0 amide bonds. The van der Waals surface area contributed by atoms with Gasteiger partial charge >= 0.3 is 0 Å². The monoisotopic (exact) mass is 231 g/mol. The van der Waals surface area contributed by atoms with Gasteiger partial charge in [0.15, 0.2) is 6.36 Å². The summed E-state index contributed by atoms with van der Waals surface area (Å²) < 4.78 is 17.8. The van der Waals surface area contributed by atoms with E-state index in [4.69, 9.17) is 4.74 Å². The van der Waals surface area contributed by atoms with Crippen LogP contribution < -0.4 is 0 Å². The molecule has 3 heteroatoms. The molecule has 1 saturated heterocycles. The number of hydrogen-bond donors (Lipinski definition) is 0. The third-order valence-corrected chi connectivity index (χ3v) is 3.48. The normalized spacial score (nSPS) is 29.2. The van der Waals surface area contributed by atoms with E-state index in [1.165, 1.54) is 13.3 Å². The topological polar surface area (TPSA) is 12.5 Å². The molecule has 0 saturated carbocycles. The minimum absolute atomic E-state index is 0.394. The van der Waals surface area contributed by atoms with Crippen LogP contribution in [0.25, 0.3) is 0 Å². The highest BCUT2D eigenvalue weighted by Crippen LogP contribution is 2.31. The lowest BCUT2D eigenvalue weighted by Crippen LogP contribution is -2.45. The van der Waals surface area contributed by atoms with E-state index in [2.05, 4.69) is 32.6 Å². The predicted octanol–water partition coefficient (Wildman–Crippen LogP) is 3.22. The lowest BCUT2D eigenvalue weighted by molar-refractivity contribution is -0.0533. The van der Waals surface area contributed by atoms with Gasteiger partial charge in [-0.15, -0.1) is 0 Å². The molecule has 0 bridgehead atoms. The molecule has 1 heterocycles. The second kappa shape index (κ2) is 5.97. The molecule has 1 rings (SSSR count). The summed E-state index contributed by atoms with van der Waals surface area (Å²) in [7, 11) is 0. The summed E-state index contributed by atoms with van der Waals surface area (Å²) in [4.78, 5) is 2.51. The zero-order chi connectivity index (χ0) is 12.3. The van der Waals surface area contributed by atoms with Crippen LogP contribution in [0.3, 0.4) is 0 Å². The molecular weight excluding hydrogens is 205 g/mol. The molecule has 0 aliphatic carbocycles. The standard InChI is InChI=1S/C13H26FNO/c1-9(2)13-7-6-12(8-16-11(5)14)15(13)10(3)4/h9-13H,6-8H2,1-5H3. The second-order valence-corrected chi connectivity index (χ2v) is 5.46.